The fraction of sp³-hybridized carbons (Fsp3) is 0.278. The maximum absolute atomic E-state index is 12.6. The van der Waals surface area contributed by atoms with Gasteiger partial charge in [-0.05, 0) is 63.8 Å². The Morgan fingerprint density at radius 3 is 2.65 bits per heavy atom. The molecule has 0 aliphatic carbocycles. The van der Waals surface area contributed by atoms with Crippen LogP contribution in [0.15, 0.2) is 40.9 Å². The number of carbonyl (C=O) groups is 1. The number of nitrogens with zero attached hydrogens (tertiary/aromatic N) is 1. The van der Waals surface area contributed by atoms with Gasteiger partial charge in [0, 0.05) is 23.2 Å². The van der Waals surface area contributed by atoms with Crippen LogP contribution >= 0.6 is 15.9 Å². The van der Waals surface area contributed by atoms with Gasteiger partial charge in [0.1, 0.15) is 5.75 Å². The summed E-state index contributed by atoms with van der Waals surface area (Å²) in [6, 6.07) is 10.8. The van der Waals surface area contributed by atoms with Crippen molar-refractivity contribution >= 4 is 37.5 Å². The lowest BCUT2D eigenvalue weighted by Gasteiger charge is -2.27. The van der Waals surface area contributed by atoms with Crippen molar-refractivity contribution in [1.29, 1.82) is 0 Å². The molecule has 1 aliphatic rings. The van der Waals surface area contributed by atoms with Gasteiger partial charge in [-0.2, -0.15) is 4.31 Å². The normalized spacial score (nSPS) is 14.6. The molecule has 6 nitrogen and oxygen atoms in total. The molecule has 8 heteroatoms. The third-order valence-corrected chi connectivity index (χ3v) is 6.27. The Labute approximate surface area is 161 Å². The summed E-state index contributed by atoms with van der Waals surface area (Å²) < 4.78 is 30.8. The number of carbonyl (C=O) groups excluding carboxylic acids is 1. The van der Waals surface area contributed by atoms with Gasteiger partial charge in [0.15, 0.2) is 0 Å². The van der Waals surface area contributed by atoms with E-state index in [4.69, 9.17) is 4.74 Å². The molecule has 1 amide bonds. The number of rotatable bonds is 4. The molecule has 1 aliphatic heterocycles. The number of ether oxygens (including phenoxy) is 1. The summed E-state index contributed by atoms with van der Waals surface area (Å²) in [7, 11) is -1.69. The SMILES string of the molecule is COc1ccc(Br)c(C(=O)Nc2ccc3c(c2)CN(S(C)(=O)=O)CC3)c1. The fourth-order valence-electron chi connectivity index (χ4n) is 2.90. The number of sulfonamides is 1. The molecule has 138 valence electrons. The highest BCUT2D eigenvalue weighted by Crippen LogP contribution is 2.26. The number of nitrogens with one attached hydrogen (secondary N) is 1. The predicted octanol–water partition coefficient (Wildman–Crippen LogP) is 3.03. The van der Waals surface area contributed by atoms with Crippen LogP contribution in [-0.4, -0.2) is 38.5 Å². The van der Waals surface area contributed by atoms with E-state index in [1.807, 2.05) is 18.2 Å². The average Bonchev–Trinajstić information content (AvgIpc) is 2.60. The van der Waals surface area contributed by atoms with Crippen molar-refractivity contribution in [2.75, 3.05) is 25.2 Å². The molecule has 0 spiro atoms. The van der Waals surface area contributed by atoms with Crippen LogP contribution in [0.5, 0.6) is 5.75 Å². The van der Waals surface area contributed by atoms with E-state index in [1.165, 1.54) is 10.6 Å². The molecule has 0 radical (unpaired) electrons. The molecule has 3 rings (SSSR count). The smallest absolute Gasteiger partial charge is 0.256 e. The maximum atomic E-state index is 12.6. The van der Waals surface area contributed by atoms with E-state index in [-0.39, 0.29) is 5.91 Å². The third-order valence-electron chi connectivity index (χ3n) is 4.33. The Kier molecular flexibility index (Phi) is 5.36. The second-order valence-electron chi connectivity index (χ2n) is 6.13. The van der Waals surface area contributed by atoms with Crippen molar-refractivity contribution in [2.24, 2.45) is 0 Å². The zero-order chi connectivity index (χ0) is 18.9. The van der Waals surface area contributed by atoms with Gasteiger partial charge in [-0.1, -0.05) is 6.07 Å². The number of amides is 1. The molecule has 0 aromatic heterocycles. The van der Waals surface area contributed by atoms with Crippen LogP contribution in [0.25, 0.3) is 0 Å². The van der Waals surface area contributed by atoms with Crippen molar-refractivity contribution < 1.29 is 17.9 Å². The summed E-state index contributed by atoms with van der Waals surface area (Å²) in [5.41, 5.74) is 3.09. The average molecular weight is 439 g/mol. The molecule has 0 unspecified atom stereocenters. The van der Waals surface area contributed by atoms with Crippen LogP contribution in [0.1, 0.15) is 21.5 Å². The molecule has 0 saturated carbocycles. The van der Waals surface area contributed by atoms with E-state index < -0.39 is 10.0 Å². The molecular weight excluding hydrogens is 420 g/mol. The largest absolute Gasteiger partial charge is 0.497 e. The van der Waals surface area contributed by atoms with Gasteiger partial charge in [-0.3, -0.25) is 4.79 Å². The third kappa shape index (κ3) is 4.08. The van der Waals surface area contributed by atoms with Gasteiger partial charge in [0.2, 0.25) is 10.0 Å². The van der Waals surface area contributed by atoms with Crippen molar-refractivity contribution in [1.82, 2.24) is 4.31 Å². The van der Waals surface area contributed by atoms with Crippen molar-refractivity contribution in [2.45, 2.75) is 13.0 Å². The van der Waals surface area contributed by atoms with Crippen LogP contribution < -0.4 is 10.1 Å². The molecule has 2 aromatic rings. The van der Waals surface area contributed by atoms with Crippen LogP contribution in [0.2, 0.25) is 0 Å². The second-order valence-corrected chi connectivity index (χ2v) is 8.97. The van der Waals surface area contributed by atoms with E-state index in [2.05, 4.69) is 21.2 Å². The number of hydrogen-bond donors (Lipinski definition) is 1. The number of anilines is 1. The molecule has 1 heterocycles. The van der Waals surface area contributed by atoms with Crippen LogP contribution in [0.3, 0.4) is 0 Å². The van der Waals surface area contributed by atoms with E-state index in [9.17, 15) is 13.2 Å². The van der Waals surface area contributed by atoms with E-state index >= 15 is 0 Å². The van der Waals surface area contributed by atoms with Crippen LogP contribution in [-0.2, 0) is 23.0 Å². The zero-order valence-corrected chi connectivity index (χ0v) is 16.9. The first-order valence-electron chi connectivity index (χ1n) is 8.00. The lowest BCUT2D eigenvalue weighted by atomic mass is 10.0. The van der Waals surface area contributed by atoms with Gasteiger partial charge in [0.05, 0.1) is 18.9 Å². The lowest BCUT2D eigenvalue weighted by molar-refractivity contribution is 0.102. The molecule has 1 N–H and O–H groups in total. The zero-order valence-electron chi connectivity index (χ0n) is 14.5. The summed E-state index contributed by atoms with van der Waals surface area (Å²) in [4.78, 5) is 12.6. The summed E-state index contributed by atoms with van der Waals surface area (Å²) in [5, 5.41) is 2.86. The molecule has 0 fully saturated rings. The number of fused-ring (bicyclic) bond motifs is 1. The molecule has 2 aromatic carbocycles. The highest BCUT2D eigenvalue weighted by Gasteiger charge is 2.23. The lowest BCUT2D eigenvalue weighted by Crippen LogP contribution is -2.35. The van der Waals surface area contributed by atoms with Gasteiger partial charge >= 0.3 is 0 Å². The molecule has 0 saturated heterocycles. The Bertz CT molecular complexity index is 960. The minimum absolute atomic E-state index is 0.272. The van der Waals surface area contributed by atoms with E-state index in [1.54, 1.807) is 25.3 Å². The standard InChI is InChI=1S/C18H19BrN2O4S/c1-25-15-5-6-17(19)16(10-15)18(22)20-14-4-3-12-7-8-21(26(2,23)24)11-13(12)9-14/h3-6,9-10H,7-8,11H2,1-2H3,(H,20,22). The Balaban J connectivity index is 1.83. The number of hydrogen-bond acceptors (Lipinski definition) is 4. The van der Waals surface area contributed by atoms with Crippen LogP contribution in [0.4, 0.5) is 5.69 Å². The van der Waals surface area contributed by atoms with Crippen molar-refractivity contribution in [3.8, 4) is 5.75 Å². The van der Waals surface area contributed by atoms with Crippen molar-refractivity contribution in [3.63, 3.8) is 0 Å². The number of methoxy groups -OCH3 is 1. The number of benzene rings is 2. The highest BCUT2D eigenvalue weighted by atomic mass is 79.9. The molecule has 26 heavy (non-hydrogen) atoms. The Morgan fingerprint density at radius 1 is 1.19 bits per heavy atom. The molecular formula is C18H19BrN2O4S. The first kappa shape index (κ1) is 18.9. The Hall–Kier alpha value is -1.90. The topological polar surface area (TPSA) is 75.7 Å². The summed E-state index contributed by atoms with van der Waals surface area (Å²) in [6.07, 6.45) is 1.88. The minimum atomic E-state index is -3.23. The monoisotopic (exact) mass is 438 g/mol. The molecule has 0 bridgehead atoms. The van der Waals surface area contributed by atoms with Gasteiger partial charge in [0.25, 0.3) is 5.91 Å². The maximum Gasteiger partial charge on any atom is 0.256 e. The van der Waals surface area contributed by atoms with Gasteiger partial charge in [-0.25, -0.2) is 8.42 Å². The second kappa shape index (κ2) is 7.38. The predicted molar refractivity (Wildman–Crippen MR) is 104 cm³/mol. The van der Waals surface area contributed by atoms with Crippen LogP contribution in [0, 0.1) is 0 Å². The quantitative estimate of drug-likeness (QED) is 0.795. The molecule has 0 atom stereocenters. The number of halogens is 1. The van der Waals surface area contributed by atoms with E-state index in [0.29, 0.717) is 41.0 Å². The first-order valence-corrected chi connectivity index (χ1v) is 10.6. The summed E-state index contributed by atoms with van der Waals surface area (Å²) in [6.45, 7) is 0.801. The minimum Gasteiger partial charge on any atom is -0.497 e. The summed E-state index contributed by atoms with van der Waals surface area (Å²) >= 11 is 3.37. The van der Waals surface area contributed by atoms with Crippen molar-refractivity contribution in [3.05, 3.63) is 57.6 Å². The fourth-order valence-corrected chi connectivity index (χ4v) is 4.12. The Morgan fingerprint density at radius 2 is 1.96 bits per heavy atom. The van der Waals surface area contributed by atoms with E-state index in [0.717, 1.165) is 11.1 Å². The highest BCUT2D eigenvalue weighted by molar-refractivity contribution is 9.10. The first-order chi connectivity index (χ1) is 12.3. The van der Waals surface area contributed by atoms with Gasteiger partial charge in [-0.15, -0.1) is 0 Å². The summed E-state index contributed by atoms with van der Waals surface area (Å²) in [5.74, 6) is 0.319. The van der Waals surface area contributed by atoms with Gasteiger partial charge < -0.3 is 10.1 Å².